The van der Waals surface area contributed by atoms with Crippen LogP contribution in [0.25, 0.3) is 0 Å². The molecular weight excluding hydrogens is 403 g/mol. The van der Waals surface area contributed by atoms with Crippen LogP contribution in [0, 0.1) is 5.92 Å². The number of carbonyl (C=O) groups is 2. The van der Waals surface area contributed by atoms with E-state index in [9.17, 15) is 22.8 Å². The summed E-state index contributed by atoms with van der Waals surface area (Å²) < 4.78 is 43.1. The van der Waals surface area contributed by atoms with Crippen LogP contribution in [0.15, 0.2) is 47.8 Å². The first kappa shape index (κ1) is 21.3. The second-order valence-electron chi connectivity index (χ2n) is 6.65. The van der Waals surface area contributed by atoms with Gasteiger partial charge < -0.3 is 9.57 Å². The second kappa shape index (κ2) is 8.93. The number of hydrogen-bond acceptors (Lipinski definition) is 6. The molecular formula is C20H18F3N3O4. The fourth-order valence-corrected chi connectivity index (χ4v) is 2.65. The zero-order chi connectivity index (χ0) is 21.7. The number of nitrogens with one attached hydrogen (secondary N) is 1. The first-order valence-electron chi connectivity index (χ1n) is 8.98. The summed E-state index contributed by atoms with van der Waals surface area (Å²) in [5.74, 6) is -0.907. The minimum absolute atomic E-state index is 0.0201. The minimum Gasteiger partial charge on any atom is -0.477 e. The number of nitrogens with zero attached hydrogens (tertiary/aromatic N) is 2. The molecule has 158 valence electrons. The number of carbonyl (C=O) groups excluding carboxylic acids is 2. The predicted octanol–water partition coefficient (Wildman–Crippen LogP) is 3.08. The van der Waals surface area contributed by atoms with Crippen LogP contribution in [0.5, 0.6) is 5.88 Å². The average Bonchev–Trinajstić information content (AvgIpc) is 3.03. The number of benzene rings is 1. The number of pyridine rings is 1. The van der Waals surface area contributed by atoms with Crippen molar-refractivity contribution in [2.75, 3.05) is 6.61 Å². The van der Waals surface area contributed by atoms with Crippen LogP contribution in [0.2, 0.25) is 0 Å². The van der Waals surface area contributed by atoms with Crippen LogP contribution in [-0.2, 0) is 27.2 Å². The zero-order valence-corrected chi connectivity index (χ0v) is 15.9. The summed E-state index contributed by atoms with van der Waals surface area (Å²) in [6, 6.07) is 7.94. The maximum Gasteiger partial charge on any atom is 0.416 e. The highest BCUT2D eigenvalue weighted by Crippen LogP contribution is 2.29. The van der Waals surface area contributed by atoms with Gasteiger partial charge in [0.25, 0.3) is 0 Å². The summed E-state index contributed by atoms with van der Waals surface area (Å²) in [5, 5.41) is 6.15. The van der Waals surface area contributed by atoms with Crippen molar-refractivity contribution in [3.63, 3.8) is 0 Å². The molecule has 1 unspecified atom stereocenters. The van der Waals surface area contributed by atoms with E-state index in [1.807, 2.05) is 0 Å². The van der Waals surface area contributed by atoms with Crippen LogP contribution in [-0.4, -0.2) is 29.1 Å². The Hall–Kier alpha value is -3.43. The minimum atomic E-state index is -4.38. The number of imide groups is 1. The molecule has 1 aliphatic rings. The Kier molecular flexibility index (Phi) is 6.34. The number of oxime groups is 1. The molecule has 0 spiro atoms. The normalized spacial score (nSPS) is 17.1. The number of alkyl halides is 3. The van der Waals surface area contributed by atoms with E-state index in [4.69, 9.17) is 9.57 Å². The summed E-state index contributed by atoms with van der Waals surface area (Å²) >= 11 is 0. The van der Waals surface area contributed by atoms with E-state index >= 15 is 0 Å². The van der Waals surface area contributed by atoms with Gasteiger partial charge >= 0.3 is 6.18 Å². The highest BCUT2D eigenvalue weighted by Gasteiger charge is 2.31. The van der Waals surface area contributed by atoms with Gasteiger partial charge in [-0.15, -0.1) is 0 Å². The predicted molar refractivity (Wildman–Crippen MR) is 99.4 cm³/mol. The van der Waals surface area contributed by atoms with Gasteiger partial charge in [0, 0.05) is 24.2 Å². The summed E-state index contributed by atoms with van der Waals surface area (Å²) in [4.78, 5) is 32.0. The van der Waals surface area contributed by atoms with Gasteiger partial charge in [0.05, 0.1) is 17.2 Å². The first-order chi connectivity index (χ1) is 14.2. The number of halogens is 3. The Labute approximate surface area is 169 Å². The standard InChI is InChI=1S/C20H18F3N3O4/c1-12(26-30-10-13-2-5-16(6-3-13)20(21,22)23)14-4-7-18(24-9-14)29-11-15-8-17(27)25-19(15)28/h2-7,9,15H,8,10-11H2,1H3,(H,25,27,28)/b26-12+. The number of hydrogen-bond donors (Lipinski definition) is 1. The fourth-order valence-electron chi connectivity index (χ4n) is 2.65. The number of aromatic nitrogens is 1. The summed E-state index contributed by atoms with van der Waals surface area (Å²) in [6.45, 7) is 1.76. The molecule has 2 aromatic rings. The number of rotatable bonds is 7. The van der Waals surface area contributed by atoms with Gasteiger partial charge in [-0.05, 0) is 30.7 Å². The monoisotopic (exact) mass is 421 g/mol. The molecule has 7 nitrogen and oxygen atoms in total. The molecule has 1 aliphatic heterocycles. The molecule has 1 fully saturated rings. The van der Waals surface area contributed by atoms with Crippen LogP contribution >= 0.6 is 0 Å². The lowest BCUT2D eigenvalue weighted by molar-refractivity contribution is -0.137. The molecule has 1 N–H and O–H groups in total. The summed E-state index contributed by atoms with van der Waals surface area (Å²) in [7, 11) is 0. The molecule has 1 saturated heterocycles. The SMILES string of the molecule is C/C(=N\OCc1ccc(C(F)(F)F)cc1)c1ccc(OCC2CC(=O)NC2=O)nc1. The number of amides is 2. The Morgan fingerprint density at radius 2 is 1.93 bits per heavy atom. The van der Waals surface area contributed by atoms with Gasteiger partial charge in [-0.3, -0.25) is 14.9 Å². The Balaban J connectivity index is 1.50. The van der Waals surface area contributed by atoms with Crippen LogP contribution in [0.3, 0.4) is 0 Å². The third kappa shape index (κ3) is 5.56. The lowest BCUT2D eigenvalue weighted by Crippen LogP contribution is -2.25. The largest absolute Gasteiger partial charge is 0.477 e. The van der Waals surface area contributed by atoms with Crippen molar-refractivity contribution in [1.82, 2.24) is 10.3 Å². The Morgan fingerprint density at radius 1 is 1.20 bits per heavy atom. The molecule has 1 atom stereocenters. The van der Waals surface area contributed by atoms with Crippen molar-refractivity contribution in [3.05, 3.63) is 59.3 Å². The average molecular weight is 421 g/mol. The van der Waals surface area contributed by atoms with E-state index in [2.05, 4.69) is 15.5 Å². The highest BCUT2D eigenvalue weighted by atomic mass is 19.4. The zero-order valence-electron chi connectivity index (χ0n) is 15.9. The third-order valence-electron chi connectivity index (χ3n) is 4.37. The van der Waals surface area contributed by atoms with Crippen molar-refractivity contribution < 1.29 is 32.3 Å². The van der Waals surface area contributed by atoms with E-state index < -0.39 is 17.7 Å². The second-order valence-corrected chi connectivity index (χ2v) is 6.65. The van der Waals surface area contributed by atoms with Gasteiger partial charge in [-0.25, -0.2) is 4.98 Å². The molecule has 2 amide bonds. The van der Waals surface area contributed by atoms with Crippen molar-refractivity contribution in [2.45, 2.75) is 26.1 Å². The maximum atomic E-state index is 12.6. The molecule has 30 heavy (non-hydrogen) atoms. The highest BCUT2D eigenvalue weighted by molar-refractivity contribution is 6.03. The van der Waals surface area contributed by atoms with Crippen molar-refractivity contribution in [2.24, 2.45) is 11.1 Å². The Morgan fingerprint density at radius 3 is 2.50 bits per heavy atom. The molecule has 0 aliphatic carbocycles. The molecule has 10 heteroatoms. The third-order valence-corrected chi connectivity index (χ3v) is 4.37. The van der Waals surface area contributed by atoms with Crippen molar-refractivity contribution in [1.29, 1.82) is 0 Å². The van der Waals surface area contributed by atoms with E-state index in [1.54, 1.807) is 19.1 Å². The topological polar surface area (TPSA) is 89.9 Å². The van der Waals surface area contributed by atoms with E-state index in [0.717, 1.165) is 12.1 Å². The van der Waals surface area contributed by atoms with Gasteiger partial charge in [0.2, 0.25) is 17.7 Å². The van der Waals surface area contributed by atoms with Crippen molar-refractivity contribution >= 4 is 17.5 Å². The molecule has 2 heterocycles. The van der Waals surface area contributed by atoms with Gasteiger partial charge in [-0.1, -0.05) is 17.3 Å². The van der Waals surface area contributed by atoms with Gasteiger partial charge in [-0.2, -0.15) is 13.2 Å². The Bertz CT molecular complexity index is 941. The molecule has 0 saturated carbocycles. The fraction of sp³-hybridized carbons (Fsp3) is 0.300. The van der Waals surface area contributed by atoms with Crippen LogP contribution in [0.1, 0.15) is 30.0 Å². The summed E-state index contributed by atoms with van der Waals surface area (Å²) in [5.41, 5.74) is 1.00. The van der Waals surface area contributed by atoms with Crippen LogP contribution < -0.4 is 10.1 Å². The molecule has 3 rings (SSSR count). The van der Waals surface area contributed by atoms with Gasteiger partial charge in [0.1, 0.15) is 13.2 Å². The molecule has 1 aromatic heterocycles. The van der Waals surface area contributed by atoms with E-state index in [-0.39, 0.29) is 31.4 Å². The molecule has 0 bridgehead atoms. The maximum absolute atomic E-state index is 12.6. The molecule has 0 radical (unpaired) electrons. The lowest BCUT2D eigenvalue weighted by Gasteiger charge is -2.09. The lowest BCUT2D eigenvalue weighted by atomic mass is 10.1. The number of ether oxygens (including phenoxy) is 1. The van der Waals surface area contributed by atoms with E-state index in [0.29, 0.717) is 22.7 Å². The van der Waals surface area contributed by atoms with Crippen LogP contribution in [0.4, 0.5) is 13.2 Å². The first-order valence-corrected chi connectivity index (χ1v) is 8.98. The summed E-state index contributed by atoms with van der Waals surface area (Å²) in [6.07, 6.45) is -2.77. The van der Waals surface area contributed by atoms with Crippen molar-refractivity contribution in [3.8, 4) is 5.88 Å². The molecule has 1 aromatic carbocycles. The van der Waals surface area contributed by atoms with Gasteiger partial charge in [0.15, 0.2) is 0 Å². The quantitative estimate of drug-likeness (QED) is 0.422. The van der Waals surface area contributed by atoms with E-state index in [1.165, 1.54) is 18.3 Å². The smallest absolute Gasteiger partial charge is 0.416 e.